The van der Waals surface area contributed by atoms with E-state index in [0.717, 1.165) is 0 Å². The van der Waals surface area contributed by atoms with Crippen molar-refractivity contribution in [1.29, 1.82) is 0 Å². The zero-order valence-corrected chi connectivity index (χ0v) is 11.4. The first-order chi connectivity index (χ1) is 7.18. The number of halogens is 3. The number of hydrogen-bond donors (Lipinski definition) is 2. The van der Waals surface area contributed by atoms with E-state index in [0.29, 0.717) is 0 Å². The Morgan fingerprint density at radius 3 is 2.35 bits per heavy atom. The van der Waals surface area contributed by atoms with Crippen LogP contribution in [0.25, 0.3) is 0 Å². The van der Waals surface area contributed by atoms with E-state index in [9.17, 15) is 17.2 Å². The summed E-state index contributed by atoms with van der Waals surface area (Å²) < 4.78 is 54.5. The molecule has 5 nitrogen and oxygen atoms in total. The minimum Gasteiger partial charge on any atom is -0.378 e. The van der Waals surface area contributed by atoms with E-state index in [1.165, 1.54) is 0 Å². The van der Waals surface area contributed by atoms with Crippen molar-refractivity contribution in [3.05, 3.63) is 0 Å². The van der Waals surface area contributed by atoms with Crippen molar-refractivity contribution in [2.45, 2.75) is 25.9 Å². The van der Waals surface area contributed by atoms with Crippen molar-refractivity contribution >= 4 is 22.4 Å². The number of alkyl halides is 2. The van der Waals surface area contributed by atoms with Gasteiger partial charge in [0.15, 0.2) is 0 Å². The van der Waals surface area contributed by atoms with Gasteiger partial charge in [0.05, 0.1) is 31.6 Å². The van der Waals surface area contributed by atoms with Crippen LogP contribution in [0.2, 0.25) is 0 Å². The highest BCUT2D eigenvalue weighted by Crippen LogP contribution is 2.09. The van der Waals surface area contributed by atoms with Crippen LogP contribution in [0.15, 0.2) is 0 Å². The van der Waals surface area contributed by atoms with Gasteiger partial charge in [0, 0.05) is 0 Å². The summed E-state index contributed by atoms with van der Waals surface area (Å²) in [4.78, 5) is 0. The summed E-state index contributed by atoms with van der Waals surface area (Å²) in [6.07, 6.45) is -0.0966. The van der Waals surface area contributed by atoms with Gasteiger partial charge in [-0.1, -0.05) is 0 Å². The molecule has 0 heterocycles. The highest BCUT2D eigenvalue weighted by molar-refractivity contribution is 7.89. The topological polar surface area (TPSA) is 81.4 Å². The van der Waals surface area contributed by atoms with Crippen LogP contribution in [0.3, 0.4) is 0 Å². The Hall–Kier alpha value is -0.0200. The van der Waals surface area contributed by atoms with Gasteiger partial charge in [-0.05, 0) is 13.8 Å². The van der Waals surface area contributed by atoms with Crippen LogP contribution in [0, 0.1) is 0 Å². The molecule has 0 aromatic heterocycles. The molecule has 0 saturated carbocycles. The van der Waals surface area contributed by atoms with E-state index in [-0.39, 0.29) is 30.9 Å². The lowest BCUT2D eigenvalue weighted by Crippen LogP contribution is -2.42. The minimum atomic E-state index is -3.73. The molecule has 0 aliphatic heterocycles. The van der Waals surface area contributed by atoms with Crippen LogP contribution in [0.4, 0.5) is 8.78 Å². The molecule has 0 bridgehead atoms. The van der Waals surface area contributed by atoms with E-state index in [2.05, 4.69) is 0 Å². The van der Waals surface area contributed by atoms with Crippen molar-refractivity contribution in [3.8, 4) is 0 Å². The summed E-state index contributed by atoms with van der Waals surface area (Å²) in [5.74, 6) is -3.56. The molecule has 0 aromatic rings. The first-order valence-electron chi connectivity index (χ1n) is 4.85. The first-order valence-corrected chi connectivity index (χ1v) is 6.50. The molecule has 0 saturated heterocycles. The van der Waals surface area contributed by atoms with Crippen molar-refractivity contribution in [2.75, 3.05) is 25.4 Å². The molecule has 9 heteroatoms. The van der Waals surface area contributed by atoms with Crippen molar-refractivity contribution in [3.63, 3.8) is 0 Å². The third-order valence-electron chi connectivity index (χ3n) is 1.65. The quantitative estimate of drug-likeness (QED) is 0.677. The van der Waals surface area contributed by atoms with Gasteiger partial charge in [-0.25, -0.2) is 21.9 Å². The van der Waals surface area contributed by atoms with E-state index in [1.54, 1.807) is 18.6 Å². The highest BCUT2D eigenvalue weighted by atomic mass is 35.5. The van der Waals surface area contributed by atoms with Gasteiger partial charge < -0.3 is 10.5 Å². The summed E-state index contributed by atoms with van der Waals surface area (Å²) in [6.45, 7) is 1.61. The highest BCUT2D eigenvalue weighted by Gasteiger charge is 2.28. The Morgan fingerprint density at radius 1 is 1.41 bits per heavy atom. The monoisotopic (exact) mass is 296 g/mol. The fourth-order valence-electron chi connectivity index (χ4n) is 0.753. The van der Waals surface area contributed by atoms with Crippen LogP contribution in [-0.2, 0) is 14.8 Å². The number of sulfonamides is 1. The first kappa shape index (κ1) is 19.3. The lowest BCUT2D eigenvalue weighted by Gasteiger charge is -2.15. The summed E-state index contributed by atoms with van der Waals surface area (Å²) in [5, 5.41) is 0. The second kappa shape index (κ2) is 8.15. The zero-order valence-electron chi connectivity index (χ0n) is 9.78. The number of nitrogens with one attached hydrogen (secondary N) is 1. The molecule has 0 unspecified atom stereocenters. The maximum absolute atomic E-state index is 12.7. The SMILES string of the molecule is CC(C)OCCS(=O)(=O)NCC(F)(F)CN.Cl. The Bertz CT molecular complexity index is 299. The molecule has 0 aromatic carbocycles. The molecule has 0 amide bonds. The van der Waals surface area contributed by atoms with Crippen LogP contribution < -0.4 is 10.5 Å². The second-order valence-electron chi connectivity index (χ2n) is 3.62. The average molecular weight is 297 g/mol. The lowest BCUT2D eigenvalue weighted by molar-refractivity contribution is 0.0169. The molecule has 17 heavy (non-hydrogen) atoms. The Morgan fingerprint density at radius 2 is 1.94 bits per heavy atom. The molecule has 0 rings (SSSR count). The Labute approximate surface area is 107 Å². The van der Waals surface area contributed by atoms with Gasteiger partial charge in [0.2, 0.25) is 10.0 Å². The minimum absolute atomic E-state index is 0. The molecule has 0 aliphatic carbocycles. The second-order valence-corrected chi connectivity index (χ2v) is 5.55. The van der Waals surface area contributed by atoms with Gasteiger partial charge in [0.1, 0.15) is 0 Å². The molecular formula is C8H19ClF2N2O3S. The number of hydrogen-bond acceptors (Lipinski definition) is 4. The predicted molar refractivity (Wildman–Crippen MR) is 64.1 cm³/mol. The van der Waals surface area contributed by atoms with Gasteiger partial charge in [0.25, 0.3) is 5.92 Å². The van der Waals surface area contributed by atoms with Gasteiger partial charge in [-0.2, -0.15) is 0 Å². The molecule has 0 atom stereocenters. The Kier molecular flexibility index (Phi) is 9.26. The summed E-state index contributed by atoms with van der Waals surface area (Å²) in [5.41, 5.74) is 4.77. The van der Waals surface area contributed by atoms with Gasteiger partial charge >= 0.3 is 0 Å². The molecule has 0 fully saturated rings. The standard InChI is InChI=1S/C8H18F2N2O3S.ClH/c1-7(2)15-3-4-16(13,14)12-6-8(9,10)5-11;/h7,12H,3-6,11H2,1-2H3;1H. The molecular weight excluding hydrogens is 278 g/mol. The fourth-order valence-corrected chi connectivity index (χ4v) is 1.64. The van der Waals surface area contributed by atoms with Gasteiger partial charge in [-0.3, -0.25) is 0 Å². The smallest absolute Gasteiger partial charge is 0.273 e. The summed E-state index contributed by atoms with van der Waals surface area (Å²) >= 11 is 0. The van der Waals surface area contributed by atoms with Crippen molar-refractivity contribution < 1.29 is 21.9 Å². The lowest BCUT2D eigenvalue weighted by atomic mass is 10.3. The molecule has 3 N–H and O–H groups in total. The van der Waals surface area contributed by atoms with Crippen molar-refractivity contribution in [1.82, 2.24) is 4.72 Å². The fraction of sp³-hybridized carbons (Fsp3) is 1.00. The maximum atomic E-state index is 12.7. The van der Waals surface area contributed by atoms with E-state index in [4.69, 9.17) is 10.5 Å². The van der Waals surface area contributed by atoms with Crippen LogP contribution in [-0.4, -0.2) is 45.9 Å². The van der Waals surface area contributed by atoms with Crippen LogP contribution >= 0.6 is 12.4 Å². The predicted octanol–water partition coefficient (Wildman–Crippen LogP) is 0.347. The number of rotatable bonds is 8. The van der Waals surface area contributed by atoms with E-state index >= 15 is 0 Å². The van der Waals surface area contributed by atoms with Crippen LogP contribution in [0.5, 0.6) is 0 Å². The average Bonchev–Trinajstić information content (AvgIpc) is 2.14. The third kappa shape index (κ3) is 10.8. The van der Waals surface area contributed by atoms with Gasteiger partial charge in [-0.15, -0.1) is 12.4 Å². The van der Waals surface area contributed by atoms with E-state index < -0.39 is 29.0 Å². The molecule has 0 aliphatic rings. The maximum Gasteiger partial charge on any atom is 0.273 e. The largest absolute Gasteiger partial charge is 0.378 e. The number of nitrogens with two attached hydrogens (primary N) is 1. The van der Waals surface area contributed by atoms with Crippen molar-refractivity contribution in [2.24, 2.45) is 5.73 Å². The number of ether oxygens (including phenoxy) is 1. The van der Waals surface area contributed by atoms with Crippen LogP contribution in [0.1, 0.15) is 13.8 Å². The molecule has 0 radical (unpaired) electrons. The summed E-state index contributed by atoms with van der Waals surface area (Å²) in [6, 6.07) is 0. The van der Waals surface area contributed by atoms with E-state index in [1.807, 2.05) is 0 Å². The molecule has 0 spiro atoms. The summed E-state index contributed by atoms with van der Waals surface area (Å²) in [7, 11) is -3.73. The Balaban J connectivity index is 0. The third-order valence-corrected chi connectivity index (χ3v) is 2.94. The zero-order chi connectivity index (χ0) is 12.8. The normalized spacial score (nSPS) is 12.6. The molecule has 106 valence electrons.